The number of nitrogens with zero attached hydrogens (tertiary/aromatic N) is 1. The van der Waals surface area contributed by atoms with E-state index in [0.29, 0.717) is 6.54 Å². The molecule has 2 aliphatic rings. The first kappa shape index (κ1) is 16.5. The van der Waals surface area contributed by atoms with E-state index < -0.39 is 10.0 Å². The smallest absolute Gasteiger partial charge is 0.241 e. The largest absolute Gasteiger partial charge is 0.312 e. The van der Waals surface area contributed by atoms with E-state index in [0.717, 1.165) is 42.5 Å². The summed E-state index contributed by atoms with van der Waals surface area (Å²) in [6.07, 6.45) is 3.44. The summed E-state index contributed by atoms with van der Waals surface area (Å²) in [5.41, 5.74) is 2.58. The minimum Gasteiger partial charge on any atom is -0.312 e. The van der Waals surface area contributed by atoms with Gasteiger partial charge in [0.05, 0.1) is 4.90 Å². The van der Waals surface area contributed by atoms with Crippen molar-refractivity contribution in [3.63, 3.8) is 0 Å². The molecule has 1 amide bonds. The Bertz CT molecular complexity index is 738. The topological polar surface area (TPSA) is 66.5 Å². The van der Waals surface area contributed by atoms with Crippen LogP contribution in [0.5, 0.6) is 0 Å². The van der Waals surface area contributed by atoms with Gasteiger partial charge in [-0.25, -0.2) is 13.1 Å². The zero-order chi connectivity index (χ0) is 16.8. The summed E-state index contributed by atoms with van der Waals surface area (Å²) in [6.45, 7) is 6.27. The fraction of sp³-hybridized carbons (Fsp3) is 0.588. The number of carbonyl (C=O) groups excluding carboxylic acids is 1. The molecule has 6 heteroatoms. The van der Waals surface area contributed by atoms with E-state index >= 15 is 0 Å². The highest BCUT2D eigenvalue weighted by Crippen LogP contribution is 2.38. The van der Waals surface area contributed by atoms with Crippen molar-refractivity contribution in [3.8, 4) is 0 Å². The number of hydrogen-bond acceptors (Lipinski definition) is 3. The average molecular weight is 336 g/mol. The van der Waals surface area contributed by atoms with E-state index in [1.54, 1.807) is 11.0 Å². The fourth-order valence-electron chi connectivity index (χ4n) is 3.02. The van der Waals surface area contributed by atoms with Gasteiger partial charge in [-0.05, 0) is 56.7 Å². The molecule has 126 valence electrons. The lowest BCUT2D eigenvalue weighted by Crippen LogP contribution is -2.33. The molecule has 0 radical (unpaired) electrons. The van der Waals surface area contributed by atoms with Crippen LogP contribution in [0.4, 0.5) is 5.69 Å². The maximum absolute atomic E-state index is 12.6. The van der Waals surface area contributed by atoms with E-state index in [1.165, 1.54) is 0 Å². The van der Waals surface area contributed by atoms with Crippen molar-refractivity contribution in [3.05, 3.63) is 23.3 Å². The quantitative estimate of drug-likeness (QED) is 0.898. The van der Waals surface area contributed by atoms with Crippen molar-refractivity contribution in [1.29, 1.82) is 0 Å². The normalized spacial score (nSPS) is 18.8. The molecule has 0 saturated heterocycles. The first-order valence-electron chi connectivity index (χ1n) is 8.30. The van der Waals surface area contributed by atoms with Crippen LogP contribution in [0.15, 0.2) is 17.0 Å². The molecule has 1 saturated carbocycles. The summed E-state index contributed by atoms with van der Waals surface area (Å²) < 4.78 is 28.0. The van der Waals surface area contributed by atoms with Crippen LogP contribution < -0.4 is 9.62 Å². The molecule has 1 N–H and O–H groups in total. The number of fused-ring (bicyclic) bond motifs is 1. The van der Waals surface area contributed by atoms with Crippen molar-refractivity contribution >= 4 is 21.6 Å². The summed E-state index contributed by atoms with van der Waals surface area (Å²) >= 11 is 0. The van der Waals surface area contributed by atoms with Gasteiger partial charge in [-0.2, -0.15) is 0 Å². The molecule has 0 bridgehead atoms. The number of sulfonamides is 1. The molecular formula is C17H24N2O3S. The van der Waals surface area contributed by atoms with E-state index in [1.807, 2.05) is 26.8 Å². The van der Waals surface area contributed by atoms with Crippen LogP contribution in [-0.4, -0.2) is 26.9 Å². The van der Waals surface area contributed by atoms with Gasteiger partial charge in [0.1, 0.15) is 0 Å². The number of amides is 1. The highest BCUT2D eigenvalue weighted by Gasteiger charge is 2.37. The third-order valence-electron chi connectivity index (χ3n) is 4.72. The van der Waals surface area contributed by atoms with E-state index in [4.69, 9.17) is 0 Å². The molecule has 1 aliphatic carbocycles. The number of benzene rings is 1. The Labute approximate surface area is 138 Å². The van der Waals surface area contributed by atoms with Crippen LogP contribution in [0.3, 0.4) is 0 Å². The van der Waals surface area contributed by atoms with E-state index in [2.05, 4.69) is 4.72 Å². The van der Waals surface area contributed by atoms with Crippen molar-refractivity contribution in [2.45, 2.75) is 57.4 Å². The Morgan fingerprint density at radius 1 is 1.39 bits per heavy atom. The van der Waals surface area contributed by atoms with Gasteiger partial charge in [0, 0.05) is 24.2 Å². The van der Waals surface area contributed by atoms with Crippen molar-refractivity contribution in [1.82, 2.24) is 4.72 Å². The number of anilines is 1. The lowest BCUT2D eigenvalue weighted by atomic mass is 10.1. The van der Waals surface area contributed by atoms with Crippen molar-refractivity contribution in [2.24, 2.45) is 5.92 Å². The highest BCUT2D eigenvalue weighted by molar-refractivity contribution is 7.89. The Morgan fingerprint density at radius 2 is 2.09 bits per heavy atom. The predicted octanol–water partition coefficient (Wildman–Crippen LogP) is 2.37. The van der Waals surface area contributed by atoms with Crippen LogP contribution >= 0.6 is 0 Å². The van der Waals surface area contributed by atoms with Gasteiger partial charge in [-0.3, -0.25) is 4.79 Å². The maximum atomic E-state index is 12.6. The Kier molecular flexibility index (Phi) is 4.23. The van der Waals surface area contributed by atoms with E-state index in [9.17, 15) is 13.2 Å². The van der Waals surface area contributed by atoms with Gasteiger partial charge in [0.2, 0.25) is 15.9 Å². The lowest BCUT2D eigenvalue weighted by molar-refractivity contribution is -0.119. The van der Waals surface area contributed by atoms with Crippen molar-refractivity contribution < 1.29 is 13.2 Å². The highest BCUT2D eigenvalue weighted by atomic mass is 32.2. The molecule has 1 aliphatic heterocycles. The maximum Gasteiger partial charge on any atom is 0.241 e. The summed E-state index contributed by atoms with van der Waals surface area (Å²) in [5, 5.41) is 0. The summed E-state index contributed by atoms with van der Waals surface area (Å²) in [5.74, 6) is 0.284. The molecule has 0 aromatic heterocycles. The SMILES string of the molecule is CCC(C)NS(=O)(=O)c1cc2c(cc1C)CCN2C(=O)C1CC1. The van der Waals surface area contributed by atoms with Crippen LogP contribution in [0.25, 0.3) is 0 Å². The molecule has 1 heterocycles. The van der Waals surface area contributed by atoms with Crippen LogP contribution in [0.1, 0.15) is 44.2 Å². The Morgan fingerprint density at radius 3 is 2.70 bits per heavy atom. The summed E-state index contributed by atoms with van der Waals surface area (Å²) in [6, 6.07) is 3.49. The van der Waals surface area contributed by atoms with Gasteiger partial charge in [0.15, 0.2) is 0 Å². The molecule has 1 unspecified atom stereocenters. The molecule has 3 rings (SSSR count). The molecular weight excluding hydrogens is 312 g/mol. The van der Waals surface area contributed by atoms with Gasteiger partial charge in [0.25, 0.3) is 0 Å². The molecule has 1 aromatic rings. The Hall–Kier alpha value is -1.40. The van der Waals surface area contributed by atoms with Gasteiger partial charge < -0.3 is 4.90 Å². The molecule has 1 fully saturated rings. The third kappa shape index (κ3) is 3.15. The predicted molar refractivity (Wildman–Crippen MR) is 90.0 cm³/mol. The first-order valence-corrected chi connectivity index (χ1v) is 9.79. The molecule has 23 heavy (non-hydrogen) atoms. The van der Waals surface area contributed by atoms with Gasteiger partial charge >= 0.3 is 0 Å². The van der Waals surface area contributed by atoms with E-state index in [-0.39, 0.29) is 22.8 Å². The fourth-order valence-corrected chi connectivity index (χ4v) is 4.60. The zero-order valence-electron chi connectivity index (χ0n) is 13.9. The van der Waals surface area contributed by atoms with Gasteiger partial charge in [-0.15, -0.1) is 0 Å². The average Bonchev–Trinajstić information content (AvgIpc) is 3.26. The second kappa shape index (κ2) is 5.91. The number of rotatable bonds is 5. The van der Waals surface area contributed by atoms with Gasteiger partial charge in [-0.1, -0.05) is 13.0 Å². The summed E-state index contributed by atoms with van der Waals surface area (Å²) in [4.78, 5) is 14.5. The van der Waals surface area contributed by atoms with Crippen LogP contribution in [0, 0.1) is 12.8 Å². The number of carbonyl (C=O) groups is 1. The molecule has 5 nitrogen and oxygen atoms in total. The van der Waals surface area contributed by atoms with Crippen LogP contribution in [-0.2, 0) is 21.2 Å². The Balaban J connectivity index is 1.97. The molecule has 0 spiro atoms. The number of aryl methyl sites for hydroxylation is 1. The standard InChI is InChI=1S/C17H24N2O3S/c1-4-12(3)18-23(21,22)16-10-15-14(9-11(16)2)7-8-19(15)17(20)13-5-6-13/h9-10,12-13,18H,4-8H2,1-3H3. The summed E-state index contributed by atoms with van der Waals surface area (Å²) in [7, 11) is -3.57. The third-order valence-corrected chi connectivity index (χ3v) is 6.45. The molecule has 1 atom stereocenters. The van der Waals surface area contributed by atoms with Crippen molar-refractivity contribution in [2.75, 3.05) is 11.4 Å². The second-order valence-corrected chi connectivity index (χ2v) is 8.37. The van der Waals surface area contributed by atoms with Crippen LogP contribution in [0.2, 0.25) is 0 Å². The lowest BCUT2D eigenvalue weighted by Gasteiger charge is -2.19. The monoisotopic (exact) mass is 336 g/mol. The second-order valence-electron chi connectivity index (χ2n) is 6.69. The minimum absolute atomic E-state index is 0.114. The zero-order valence-corrected chi connectivity index (χ0v) is 14.7. The number of hydrogen-bond donors (Lipinski definition) is 1. The first-order chi connectivity index (χ1) is 10.8. The number of nitrogens with one attached hydrogen (secondary N) is 1. The molecule has 1 aromatic carbocycles. The minimum atomic E-state index is -3.57.